The molecule has 5 nitrogen and oxygen atoms in total. The first-order chi connectivity index (χ1) is 11.2. The summed E-state index contributed by atoms with van der Waals surface area (Å²) in [5, 5.41) is 6.82. The molecule has 0 spiro atoms. The van der Waals surface area contributed by atoms with Crippen molar-refractivity contribution >= 4 is 5.96 Å². The van der Waals surface area contributed by atoms with E-state index in [1.54, 1.807) is 0 Å². The van der Waals surface area contributed by atoms with E-state index in [1.165, 1.54) is 51.9 Å². The molecule has 0 aliphatic carbocycles. The van der Waals surface area contributed by atoms with Crippen LogP contribution in [0.25, 0.3) is 0 Å². The number of hydrogen-bond acceptors (Lipinski definition) is 3. The van der Waals surface area contributed by atoms with E-state index in [-0.39, 0.29) is 0 Å². The summed E-state index contributed by atoms with van der Waals surface area (Å²) >= 11 is 0. The minimum absolute atomic E-state index is 0.606. The Bertz CT molecular complexity index is 311. The quantitative estimate of drug-likeness (QED) is 0.366. The molecule has 1 aliphatic heterocycles. The van der Waals surface area contributed by atoms with Gasteiger partial charge < -0.3 is 20.4 Å². The molecule has 0 saturated carbocycles. The van der Waals surface area contributed by atoms with Crippen molar-refractivity contribution in [2.45, 2.75) is 46.5 Å². The summed E-state index contributed by atoms with van der Waals surface area (Å²) in [6, 6.07) is 0. The van der Waals surface area contributed by atoms with Crippen molar-refractivity contribution in [1.29, 1.82) is 0 Å². The van der Waals surface area contributed by atoms with Crippen LogP contribution in [0.1, 0.15) is 46.5 Å². The molecule has 1 heterocycles. The highest BCUT2D eigenvalue weighted by molar-refractivity contribution is 5.79. The number of rotatable bonds is 10. The van der Waals surface area contributed by atoms with Crippen LogP contribution >= 0.6 is 0 Å². The van der Waals surface area contributed by atoms with Crippen molar-refractivity contribution in [2.24, 2.45) is 10.9 Å². The first-order valence-electron chi connectivity index (χ1n) is 9.58. The van der Waals surface area contributed by atoms with Gasteiger partial charge in [0.25, 0.3) is 0 Å². The lowest BCUT2D eigenvalue weighted by molar-refractivity contribution is 0.140. The molecule has 136 valence electrons. The first-order valence-corrected chi connectivity index (χ1v) is 9.58. The molecule has 1 rings (SSSR count). The van der Waals surface area contributed by atoms with Gasteiger partial charge in [0.15, 0.2) is 5.96 Å². The molecule has 1 saturated heterocycles. The Hall–Kier alpha value is -0.810. The topological polar surface area (TPSA) is 42.9 Å². The van der Waals surface area contributed by atoms with Gasteiger partial charge in [-0.2, -0.15) is 0 Å². The molecule has 1 fully saturated rings. The Balaban J connectivity index is 2.25. The van der Waals surface area contributed by atoms with Gasteiger partial charge >= 0.3 is 0 Å². The monoisotopic (exact) mass is 325 g/mol. The van der Waals surface area contributed by atoms with Crippen LogP contribution in [0.4, 0.5) is 0 Å². The zero-order valence-electron chi connectivity index (χ0n) is 15.9. The number of hydrogen-bond donors (Lipinski definition) is 2. The van der Waals surface area contributed by atoms with Crippen molar-refractivity contribution in [3.8, 4) is 0 Å². The average molecular weight is 326 g/mol. The molecule has 23 heavy (non-hydrogen) atoms. The zero-order valence-corrected chi connectivity index (χ0v) is 15.9. The number of unbranched alkanes of at least 4 members (excludes halogenated alkanes) is 3. The molecule has 0 aromatic rings. The number of piperazine rings is 1. The van der Waals surface area contributed by atoms with Crippen LogP contribution in [-0.4, -0.2) is 75.2 Å². The second kappa shape index (κ2) is 12.6. The van der Waals surface area contributed by atoms with E-state index in [9.17, 15) is 0 Å². The minimum Gasteiger partial charge on any atom is -0.357 e. The number of aliphatic imine (C=N–C) groups is 1. The summed E-state index contributed by atoms with van der Waals surface area (Å²) in [4.78, 5) is 9.75. The van der Waals surface area contributed by atoms with E-state index >= 15 is 0 Å². The Morgan fingerprint density at radius 1 is 1.04 bits per heavy atom. The minimum atomic E-state index is 0.606. The van der Waals surface area contributed by atoms with Gasteiger partial charge in [-0.1, -0.05) is 33.1 Å². The molecular weight excluding hydrogens is 286 g/mol. The van der Waals surface area contributed by atoms with Gasteiger partial charge in [0.05, 0.1) is 0 Å². The fourth-order valence-corrected chi connectivity index (χ4v) is 2.88. The van der Waals surface area contributed by atoms with Crippen molar-refractivity contribution in [3.05, 3.63) is 0 Å². The third-order valence-corrected chi connectivity index (χ3v) is 4.39. The molecule has 0 amide bonds. The van der Waals surface area contributed by atoms with Crippen LogP contribution < -0.4 is 10.6 Å². The molecule has 2 N–H and O–H groups in total. The van der Waals surface area contributed by atoms with Crippen molar-refractivity contribution < 1.29 is 0 Å². The van der Waals surface area contributed by atoms with Crippen molar-refractivity contribution in [1.82, 2.24) is 20.4 Å². The standard InChI is InChI=1S/C18H39N5/c1-5-7-8-9-10-20-18(19-6-2)21-15-17(3)16-23-13-11-22(4)12-14-23/h17H,5-16H2,1-4H3,(H2,19,20,21). The average Bonchev–Trinajstić information content (AvgIpc) is 2.54. The molecule has 5 heteroatoms. The summed E-state index contributed by atoms with van der Waals surface area (Å²) in [6.07, 6.45) is 5.16. The second-order valence-electron chi connectivity index (χ2n) is 6.92. The molecule has 0 aromatic carbocycles. The summed E-state index contributed by atoms with van der Waals surface area (Å²) in [7, 11) is 2.21. The van der Waals surface area contributed by atoms with Gasteiger partial charge in [0.1, 0.15) is 0 Å². The van der Waals surface area contributed by atoms with E-state index in [4.69, 9.17) is 4.99 Å². The summed E-state index contributed by atoms with van der Waals surface area (Å²) in [5.41, 5.74) is 0. The van der Waals surface area contributed by atoms with E-state index in [1.807, 2.05) is 0 Å². The smallest absolute Gasteiger partial charge is 0.191 e. The van der Waals surface area contributed by atoms with E-state index < -0.39 is 0 Å². The Labute approximate surface area is 143 Å². The van der Waals surface area contributed by atoms with E-state index in [0.29, 0.717) is 5.92 Å². The maximum atomic E-state index is 4.77. The third-order valence-electron chi connectivity index (χ3n) is 4.39. The summed E-state index contributed by atoms with van der Waals surface area (Å²) in [6.45, 7) is 15.5. The van der Waals surface area contributed by atoms with Crippen LogP contribution in [0.5, 0.6) is 0 Å². The largest absolute Gasteiger partial charge is 0.357 e. The Kier molecular flexibility index (Phi) is 11.1. The van der Waals surface area contributed by atoms with Crippen LogP contribution in [-0.2, 0) is 0 Å². The number of guanidine groups is 1. The maximum absolute atomic E-state index is 4.77. The van der Waals surface area contributed by atoms with E-state index in [0.717, 1.165) is 32.1 Å². The highest BCUT2D eigenvalue weighted by Gasteiger charge is 2.15. The first kappa shape index (κ1) is 20.2. The lowest BCUT2D eigenvalue weighted by Crippen LogP contribution is -2.46. The predicted octanol–water partition coefficient (Wildman–Crippen LogP) is 2.01. The Morgan fingerprint density at radius 2 is 1.78 bits per heavy atom. The highest BCUT2D eigenvalue weighted by atomic mass is 15.2. The molecule has 1 unspecified atom stereocenters. The normalized spacial score (nSPS) is 18.9. The van der Waals surface area contributed by atoms with Gasteiger partial charge in [0.2, 0.25) is 0 Å². The number of likely N-dealkylation sites (N-methyl/N-ethyl adjacent to an activating group) is 1. The maximum Gasteiger partial charge on any atom is 0.191 e. The fraction of sp³-hybridized carbons (Fsp3) is 0.944. The van der Waals surface area contributed by atoms with Gasteiger partial charge in [-0.25, -0.2) is 0 Å². The Morgan fingerprint density at radius 3 is 2.43 bits per heavy atom. The van der Waals surface area contributed by atoms with Crippen LogP contribution in [0, 0.1) is 5.92 Å². The van der Waals surface area contributed by atoms with Gasteiger partial charge in [-0.3, -0.25) is 4.99 Å². The van der Waals surface area contributed by atoms with E-state index in [2.05, 4.69) is 48.3 Å². The van der Waals surface area contributed by atoms with Gasteiger partial charge in [-0.05, 0) is 26.3 Å². The molecule has 0 bridgehead atoms. The molecule has 0 aromatic heterocycles. The summed E-state index contributed by atoms with van der Waals surface area (Å²) in [5.74, 6) is 1.59. The van der Waals surface area contributed by atoms with Crippen LogP contribution in [0.2, 0.25) is 0 Å². The number of nitrogens with zero attached hydrogens (tertiary/aromatic N) is 3. The molecular formula is C18H39N5. The highest BCUT2D eigenvalue weighted by Crippen LogP contribution is 2.05. The van der Waals surface area contributed by atoms with Gasteiger partial charge in [-0.15, -0.1) is 0 Å². The third kappa shape index (κ3) is 9.82. The fourth-order valence-electron chi connectivity index (χ4n) is 2.88. The lowest BCUT2D eigenvalue weighted by Gasteiger charge is -2.33. The van der Waals surface area contributed by atoms with Gasteiger partial charge in [0, 0.05) is 52.4 Å². The summed E-state index contributed by atoms with van der Waals surface area (Å²) < 4.78 is 0. The van der Waals surface area contributed by atoms with Crippen LogP contribution in [0.15, 0.2) is 4.99 Å². The predicted molar refractivity (Wildman–Crippen MR) is 101 cm³/mol. The van der Waals surface area contributed by atoms with Crippen molar-refractivity contribution in [2.75, 3.05) is 59.4 Å². The van der Waals surface area contributed by atoms with Crippen LogP contribution in [0.3, 0.4) is 0 Å². The lowest BCUT2D eigenvalue weighted by atomic mass is 10.1. The SMILES string of the molecule is CCCCCCNC(=NCC(C)CN1CCN(C)CC1)NCC. The zero-order chi connectivity index (χ0) is 16.9. The molecule has 1 atom stereocenters. The van der Waals surface area contributed by atoms with Crippen molar-refractivity contribution in [3.63, 3.8) is 0 Å². The second-order valence-corrected chi connectivity index (χ2v) is 6.92. The number of nitrogens with one attached hydrogen (secondary N) is 2. The molecule has 0 radical (unpaired) electrons. The molecule has 1 aliphatic rings.